The van der Waals surface area contributed by atoms with Crippen LogP contribution in [0.2, 0.25) is 0 Å². The molecule has 1 fully saturated rings. The Balaban J connectivity index is 1.76. The fourth-order valence-electron chi connectivity index (χ4n) is 1.74. The standard InChI is InChI=1S/C11H15F3N4O/c12-11(13,14)9-1-2-10(17-16-9)15-3-4-18-5-7-19-8-6-18/h1-2H,3-8H2,(H,15,17). The molecule has 0 radical (unpaired) electrons. The van der Waals surface area contributed by atoms with Gasteiger partial charge < -0.3 is 10.1 Å². The van der Waals surface area contributed by atoms with Crippen molar-refractivity contribution in [3.05, 3.63) is 17.8 Å². The molecule has 0 saturated carbocycles. The van der Waals surface area contributed by atoms with Crippen molar-refractivity contribution in [2.75, 3.05) is 44.7 Å². The lowest BCUT2D eigenvalue weighted by Gasteiger charge is -2.26. The van der Waals surface area contributed by atoms with Crippen LogP contribution >= 0.6 is 0 Å². The summed E-state index contributed by atoms with van der Waals surface area (Å²) in [6.07, 6.45) is -4.45. The molecule has 2 heterocycles. The summed E-state index contributed by atoms with van der Waals surface area (Å²) in [6.45, 7) is 4.60. The minimum atomic E-state index is -4.45. The van der Waals surface area contributed by atoms with E-state index < -0.39 is 11.9 Å². The molecule has 0 aliphatic carbocycles. The van der Waals surface area contributed by atoms with E-state index in [2.05, 4.69) is 20.4 Å². The van der Waals surface area contributed by atoms with Crippen molar-refractivity contribution in [3.63, 3.8) is 0 Å². The van der Waals surface area contributed by atoms with Gasteiger partial charge in [0.15, 0.2) is 5.69 Å². The van der Waals surface area contributed by atoms with Gasteiger partial charge in [-0.1, -0.05) is 0 Å². The van der Waals surface area contributed by atoms with Gasteiger partial charge in [-0.25, -0.2) is 0 Å². The number of morpholine rings is 1. The average Bonchev–Trinajstić information content (AvgIpc) is 2.39. The van der Waals surface area contributed by atoms with Crippen LogP contribution in [0.3, 0.4) is 0 Å². The van der Waals surface area contributed by atoms with Crippen LogP contribution in [0.1, 0.15) is 5.69 Å². The van der Waals surface area contributed by atoms with E-state index >= 15 is 0 Å². The number of nitrogens with zero attached hydrogens (tertiary/aromatic N) is 3. The van der Waals surface area contributed by atoms with Gasteiger partial charge in [-0.3, -0.25) is 4.90 Å². The van der Waals surface area contributed by atoms with Crippen molar-refractivity contribution in [3.8, 4) is 0 Å². The van der Waals surface area contributed by atoms with Crippen molar-refractivity contribution >= 4 is 5.82 Å². The minimum Gasteiger partial charge on any atom is -0.379 e. The fraction of sp³-hybridized carbons (Fsp3) is 0.636. The number of hydrogen-bond acceptors (Lipinski definition) is 5. The van der Waals surface area contributed by atoms with Gasteiger partial charge in [-0.15, -0.1) is 10.2 Å². The molecule has 0 unspecified atom stereocenters. The highest BCUT2D eigenvalue weighted by molar-refractivity contribution is 5.33. The molecule has 8 heteroatoms. The summed E-state index contributed by atoms with van der Waals surface area (Å²) in [5.74, 6) is 0.348. The molecule has 0 spiro atoms. The van der Waals surface area contributed by atoms with E-state index in [1.807, 2.05) is 0 Å². The second-order valence-electron chi connectivity index (χ2n) is 4.18. The third-order valence-corrected chi connectivity index (χ3v) is 2.79. The summed E-state index contributed by atoms with van der Waals surface area (Å²) in [6, 6.07) is 2.21. The summed E-state index contributed by atoms with van der Waals surface area (Å²) in [7, 11) is 0. The molecule has 1 aliphatic rings. The highest BCUT2D eigenvalue weighted by atomic mass is 19.4. The lowest BCUT2D eigenvalue weighted by atomic mass is 10.3. The number of alkyl halides is 3. The first kappa shape index (κ1) is 14.0. The zero-order valence-corrected chi connectivity index (χ0v) is 10.3. The first-order valence-corrected chi connectivity index (χ1v) is 6.00. The average molecular weight is 276 g/mol. The predicted octanol–water partition coefficient (Wildman–Crippen LogP) is 1.24. The van der Waals surface area contributed by atoms with Gasteiger partial charge >= 0.3 is 6.18 Å². The zero-order valence-electron chi connectivity index (χ0n) is 10.3. The molecular formula is C11H15F3N4O. The SMILES string of the molecule is FC(F)(F)c1ccc(NCCN2CCOCC2)nn1. The van der Waals surface area contributed by atoms with Crippen molar-refractivity contribution in [1.82, 2.24) is 15.1 Å². The summed E-state index contributed by atoms with van der Waals surface area (Å²) in [5, 5.41) is 9.59. The van der Waals surface area contributed by atoms with E-state index in [-0.39, 0.29) is 0 Å². The maximum Gasteiger partial charge on any atom is 0.435 e. The Kier molecular flexibility index (Phi) is 4.54. The number of halogens is 3. The molecule has 1 saturated heterocycles. The van der Waals surface area contributed by atoms with Crippen LogP contribution < -0.4 is 5.32 Å². The molecule has 1 aliphatic heterocycles. The van der Waals surface area contributed by atoms with Crippen molar-refractivity contribution in [2.24, 2.45) is 0 Å². The zero-order chi connectivity index (χ0) is 13.7. The Morgan fingerprint density at radius 1 is 1.21 bits per heavy atom. The molecule has 0 amide bonds. The quantitative estimate of drug-likeness (QED) is 0.896. The molecule has 19 heavy (non-hydrogen) atoms. The molecular weight excluding hydrogens is 261 g/mol. The highest BCUT2D eigenvalue weighted by Gasteiger charge is 2.32. The van der Waals surface area contributed by atoms with E-state index in [0.717, 1.165) is 38.9 Å². The first-order valence-electron chi connectivity index (χ1n) is 6.00. The van der Waals surface area contributed by atoms with Crippen LogP contribution in [0.15, 0.2) is 12.1 Å². The Hall–Kier alpha value is -1.41. The van der Waals surface area contributed by atoms with Crippen LogP contribution in [0.25, 0.3) is 0 Å². The monoisotopic (exact) mass is 276 g/mol. The Labute approximate surface area is 108 Å². The minimum absolute atomic E-state index is 0.348. The Bertz CT molecular complexity index is 390. The van der Waals surface area contributed by atoms with E-state index in [1.54, 1.807) is 0 Å². The van der Waals surface area contributed by atoms with Crippen LogP contribution in [-0.4, -0.2) is 54.5 Å². The van der Waals surface area contributed by atoms with Gasteiger partial charge in [0.05, 0.1) is 13.2 Å². The van der Waals surface area contributed by atoms with Gasteiger partial charge in [0.2, 0.25) is 0 Å². The molecule has 0 aromatic carbocycles. The van der Waals surface area contributed by atoms with Gasteiger partial charge in [0.1, 0.15) is 5.82 Å². The fourth-order valence-corrected chi connectivity index (χ4v) is 1.74. The molecule has 1 aromatic heterocycles. The van der Waals surface area contributed by atoms with Crippen molar-refractivity contribution in [1.29, 1.82) is 0 Å². The molecule has 0 bridgehead atoms. The maximum atomic E-state index is 12.3. The Morgan fingerprint density at radius 3 is 2.53 bits per heavy atom. The third kappa shape index (κ3) is 4.32. The van der Waals surface area contributed by atoms with Crippen molar-refractivity contribution in [2.45, 2.75) is 6.18 Å². The number of ether oxygens (including phenoxy) is 1. The summed E-state index contributed by atoms with van der Waals surface area (Å²) >= 11 is 0. The molecule has 2 rings (SSSR count). The number of rotatable bonds is 4. The first-order chi connectivity index (χ1) is 9.05. The topological polar surface area (TPSA) is 50.3 Å². The number of hydrogen-bond donors (Lipinski definition) is 1. The summed E-state index contributed by atoms with van der Waals surface area (Å²) in [4.78, 5) is 2.22. The second kappa shape index (κ2) is 6.16. The second-order valence-corrected chi connectivity index (χ2v) is 4.18. The van der Waals surface area contributed by atoms with Crippen LogP contribution in [0.5, 0.6) is 0 Å². The van der Waals surface area contributed by atoms with Crippen LogP contribution in [0, 0.1) is 0 Å². The van der Waals surface area contributed by atoms with E-state index in [1.165, 1.54) is 6.07 Å². The molecule has 0 atom stereocenters. The predicted molar refractivity (Wildman–Crippen MR) is 62.8 cm³/mol. The van der Waals surface area contributed by atoms with E-state index in [9.17, 15) is 13.2 Å². The van der Waals surface area contributed by atoms with Crippen molar-refractivity contribution < 1.29 is 17.9 Å². The lowest BCUT2D eigenvalue weighted by molar-refractivity contribution is -0.141. The lowest BCUT2D eigenvalue weighted by Crippen LogP contribution is -2.39. The number of nitrogens with one attached hydrogen (secondary N) is 1. The number of anilines is 1. The summed E-state index contributed by atoms with van der Waals surface area (Å²) in [5.41, 5.74) is -0.980. The largest absolute Gasteiger partial charge is 0.435 e. The van der Waals surface area contributed by atoms with Gasteiger partial charge in [0, 0.05) is 26.2 Å². The molecule has 1 N–H and O–H groups in total. The van der Waals surface area contributed by atoms with Crippen LogP contribution in [-0.2, 0) is 10.9 Å². The molecule has 5 nitrogen and oxygen atoms in total. The number of aromatic nitrogens is 2. The van der Waals surface area contributed by atoms with E-state index in [0.29, 0.717) is 12.4 Å². The summed E-state index contributed by atoms with van der Waals surface area (Å²) < 4.78 is 42.0. The van der Waals surface area contributed by atoms with Crippen LogP contribution in [0.4, 0.5) is 19.0 Å². The Morgan fingerprint density at radius 2 is 1.95 bits per heavy atom. The highest BCUT2D eigenvalue weighted by Crippen LogP contribution is 2.26. The molecule has 106 valence electrons. The smallest absolute Gasteiger partial charge is 0.379 e. The third-order valence-electron chi connectivity index (χ3n) is 2.79. The van der Waals surface area contributed by atoms with Gasteiger partial charge in [-0.2, -0.15) is 13.2 Å². The van der Waals surface area contributed by atoms with E-state index in [4.69, 9.17) is 4.74 Å². The van der Waals surface area contributed by atoms with Gasteiger partial charge in [0.25, 0.3) is 0 Å². The normalized spacial score (nSPS) is 17.4. The maximum absolute atomic E-state index is 12.3. The molecule has 1 aromatic rings. The van der Waals surface area contributed by atoms with Gasteiger partial charge in [-0.05, 0) is 12.1 Å².